The van der Waals surface area contributed by atoms with E-state index in [1.807, 2.05) is 19.3 Å². The lowest BCUT2D eigenvalue weighted by Crippen LogP contribution is -2.19. The Labute approximate surface area is 116 Å². The van der Waals surface area contributed by atoms with E-state index in [0.717, 1.165) is 24.5 Å². The summed E-state index contributed by atoms with van der Waals surface area (Å²) in [6.45, 7) is 8.02. The fourth-order valence-corrected chi connectivity index (χ4v) is 2.09. The summed E-state index contributed by atoms with van der Waals surface area (Å²) in [4.78, 5) is 12.8. The molecule has 102 valence electrons. The van der Waals surface area contributed by atoms with Crippen molar-refractivity contribution in [2.24, 2.45) is 5.92 Å². The van der Waals surface area contributed by atoms with Crippen LogP contribution >= 0.6 is 11.8 Å². The van der Waals surface area contributed by atoms with Gasteiger partial charge in [0.25, 0.3) is 0 Å². The van der Waals surface area contributed by atoms with Crippen molar-refractivity contribution in [3.63, 3.8) is 0 Å². The van der Waals surface area contributed by atoms with Gasteiger partial charge in [0.2, 0.25) is 5.16 Å². The average Bonchev–Trinajstić information content (AvgIpc) is 2.77. The third-order valence-electron chi connectivity index (χ3n) is 2.32. The highest BCUT2D eigenvalue weighted by Gasteiger charge is 2.05. The zero-order valence-corrected chi connectivity index (χ0v) is 12.2. The molecule has 7 heteroatoms. The van der Waals surface area contributed by atoms with Gasteiger partial charge in [0.15, 0.2) is 5.16 Å². The van der Waals surface area contributed by atoms with E-state index in [4.69, 9.17) is 0 Å². The van der Waals surface area contributed by atoms with Gasteiger partial charge in [-0.05, 0) is 31.1 Å². The third-order valence-corrected chi connectivity index (χ3v) is 3.08. The van der Waals surface area contributed by atoms with Gasteiger partial charge in [-0.1, -0.05) is 13.8 Å². The van der Waals surface area contributed by atoms with Gasteiger partial charge in [-0.3, -0.25) is 5.10 Å². The molecule has 0 spiro atoms. The van der Waals surface area contributed by atoms with Crippen LogP contribution in [0.2, 0.25) is 0 Å². The van der Waals surface area contributed by atoms with Crippen LogP contribution in [0.3, 0.4) is 0 Å². The van der Waals surface area contributed by atoms with E-state index in [1.54, 1.807) is 0 Å². The topological polar surface area (TPSA) is 79.4 Å². The summed E-state index contributed by atoms with van der Waals surface area (Å²) in [5.74, 6) is 1.43. The number of aromatic amines is 1. The highest BCUT2D eigenvalue weighted by Crippen LogP contribution is 2.19. The van der Waals surface area contributed by atoms with E-state index in [2.05, 4.69) is 44.3 Å². The third kappa shape index (κ3) is 4.60. The van der Waals surface area contributed by atoms with Crippen molar-refractivity contribution < 1.29 is 0 Å². The molecule has 0 radical (unpaired) electrons. The van der Waals surface area contributed by atoms with Crippen LogP contribution in [0.25, 0.3) is 0 Å². The Morgan fingerprint density at radius 1 is 1.26 bits per heavy atom. The second kappa shape index (κ2) is 6.63. The molecule has 6 nitrogen and oxygen atoms in total. The SMILES string of the molecule is Cc1nc(Sc2ncc(CNCC(C)C)cn2)n[nH]1. The molecule has 0 aliphatic heterocycles. The lowest BCUT2D eigenvalue weighted by atomic mass is 10.2. The van der Waals surface area contributed by atoms with Crippen LogP contribution in [0.15, 0.2) is 22.7 Å². The molecule has 0 atom stereocenters. The summed E-state index contributed by atoms with van der Waals surface area (Å²) in [7, 11) is 0. The minimum Gasteiger partial charge on any atom is -0.312 e. The molecule has 19 heavy (non-hydrogen) atoms. The molecular formula is C12H18N6S. The van der Waals surface area contributed by atoms with Gasteiger partial charge in [-0.15, -0.1) is 5.10 Å². The van der Waals surface area contributed by atoms with Crippen molar-refractivity contribution >= 4 is 11.8 Å². The summed E-state index contributed by atoms with van der Waals surface area (Å²) < 4.78 is 0. The van der Waals surface area contributed by atoms with E-state index < -0.39 is 0 Å². The lowest BCUT2D eigenvalue weighted by Gasteiger charge is -2.06. The summed E-state index contributed by atoms with van der Waals surface area (Å²) >= 11 is 1.35. The number of nitrogens with zero attached hydrogens (tertiary/aromatic N) is 4. The normalized spacial score (nSPS) is 11.2. The van der Waals surface area contributed by atoms with E-state index in [9.17, 15) is 0 Å². The van der Waals surface area contributed by atoms with E-state index >= 15 is 0 Å². The van der Waals surface area contributed by atoms with E-state index in [1.165, 1.54) is 11.8 Å². The fraction of sp³-hybridized carbons (Fsp3) is 0.500. The average molecular weight is 278 g/mol. The number of hydrogen-bond donors (Lipinski definition) is 2. The molecule has 0 aliphatic carbocycles. The molecule has 0 fully saturated rings. The van der Waals surface area contributed by atoms with Gasteiger partial charge >= 0.3 is 0 Å². The number of H-pyrrole nitrogens is 1. The number of aromatic nitrogens is 5. The molecule has 2 aromatic heterocycles. The summed E-state index contributed by atoms with van der Waals surface area (Å²) in [6, 6.07) is 0. The van der Waals surface area contributed by atoms with Gasteiger partial charge in [-0.25, -0.2) is 15.0 Å². The summed E-state index contributed by atoms with van der Waals surface area (Å²) in [5, 5.41) is 11.5. The molecule has 0 unspecified atom stereocenters. The first-order chi connectivity index (χ1) is 9.13. The van der Waals surface area contributed by atoms with Gasteiger partial charge in [0, 0.05) is 24.5 Å². The molecule has 0 aromatic carbocycles. The first kappa shape index (κ1) is 14.0. The van der Waals surface area contributed by atoms with E-state index in [-0.39, 0.29) is 0 Å². The van der Waals surface area contributed by atoms with Crippen molar-refractivity contribution in [1.29, 1.82) is 0 Å². The van der Waals surface area contributed by atoms with Gasteiger partial charge < -0.3 is 5.32 Å². The number of nitrogens with one attached hydrogen (secondary N) is 2. The van der Waals surface area contributed by atoms with Gasteiger partial charge in [0.05, 0.1) is 0 Å². The molecular weight excluding hydrogens is 260 g/mol. The van der Waals surface area contributed by atoms with Crippen LogP contribution in [0.1, 0.15) is 25.2 Å². The second-order valence-electron chi connectivity index (χ2n) is 4.70. The molecule has 0 amide bonds. The quantitative estimate of drug-likeness (QED) is 0.784. The first-order valence-corrected chi connectivity index (χ1v) is 7.03. The molecule has 0 saturated heterocycles. The van der Waals surface area contributed by atoms with Crippen LogP contribution in [-0.4, -0.2) is 31.7 Å². The molecule has 2 rings (SSSR count). The Hall–Kier alpha value is -1.47. The van der Waals surface area contributed by atoms with Gasteiger partial charge in [-0.2, -0.15) is 0 Å². The Morgan fingerprint density at radius 2 is 2.00 bits per heavy atom. The maximum Gasteiger partial charge on any atom is 0.216 e. The molecule has 0 aliphatic rings. The largest absolute Gasteiger partial charge is 0.312 e. The molecule has 2 heterocycles. The number of rotatable bonds is 6. The Kier molecular flexibility index (Phi) is 4.86. The second-order valence-corrected chi connectivity index (χ2v) is 5.64. The van der Waals surface area contributed by atoms with Crippen LogP contribution in [0.5, 0.6) is 0 Å². The Bertz CT molecular complexity index is 507. The smallest absolute Gasteiger partial charge is 0.216 e. The van der Waals surface area contributed by atoms with Crippen molar-refractivity contribution in [2.45, 2.75) is 37.6 Å². The Balaban J connectivity index is 1.87. The lowest BCUT2D eigenvalue weighted by molar-refractivity contribution is 0.550. The van der Waals surface area contributed by atoms with Crippen molar-refractivity contribution in [1.82, 2.24) is 30.5 Å². The van der Waals surface area contributed by atoms with Crippen LogP contribution < -0.4 is 5.32 Å². The highest BCUT2D eigenvalue weighted by atomic mass is 32.2. The summed E-state index contributed by atoms with van der Waals surface area (Å²) in [5.41, 5.74) is 1.08. The van der Waals surface area contributed by atoms with E-state index in [0.29, 0.717) is 16.2 Å². The first-order valence-electron chi connectivity index (χ1n) is 6.22. The zero-order valence-electron chi connectivity index (χ0n) is 11.3. The summed E-state index contributed by atoms with van der Waals surface area (Å²) in [6.07, 6.45) is 3.67. The number of aryl methyl sites for hydroxylation is 1. The molecule has 2 N–H and O–H groups in total. The Morgan fingerprint density at radius 3 is 2.58 bits per heavy atom. The highest BCUT2D eigenvalue weighted by molar-refractivity contribution is 7.99. The minimum absolute atomic E-state index is 0.642. The maximum absolute atomic E-state index is 4.30. The van der Waals surface area contributed by atoms with Crippen LogP contribution in [0.4, 0.5) is 0 Å². The maximum atomic E-state index is 4.30. The monoisotopic (exact) mass is 278 g/mol. The fourth-order valence-electron chi connectivity index (χ4n) is 1.44. The number of hydrogen-bond acceptors (Lipinski definition) is 6. The standard InChI is InChI=1S/C12H18N6S/c1-8(2)4-13-5-10-6-14-11(15-7-10)19-12-16-9(3)17-18-12/h6-8,13H,4-5H2,1-3H3,(H,16,17,18). The zero-order chi connectivity index (χ0) is 13.7. The molecule has 0 bridgehead atoms. The molecule has 0 saturated carbocycles. The predicted octanol–water partition coefficient (Wildman–Crippen LogP) is 1.80. The predicted molar refractivity (Wildman–Crippen MR) is 73.8 cm³/mol. The van der Waals surface area contributed by atoms with Crippen molar-refractivity contribution in [2.75, 3.05) is 6.54 Å². The minimum atomic E-state index is 0.642. The van der Waals surface area contributed by atoms with Gasteiger partial charge in [0.1, 0.15) is 5.82 Å². The van der Waals surface area contributed by atoms with Crippen molar-refractivity contribution in [3.05, 3.63) is 23.8 Å². The molecule has 2 aromatic rings. The van der Waals surface area contributed by atoms with Crippen molar-refractivity contribution in [3.8, 4) is 0 Å². The van der Waals surface area contributed by atoms with Crippen LogP contribution in [-0.2, 0) is 6.54 Å². The van der Waals surface area contributed by atoms with Crippen LogP contribution in [0, 0.1) is 12.8 Å².